The summed E-state index contributed by atoms with van der Waals surface area (Å²) in [4.78, 5) is 4.92. The van der Waals surface area contributed by atoms with Gasteiger partial charge in [0.2, 0.25) is 0 Å². The van der Waals surface area contributed by atoms with Gasteiger partial charge < -0.3 is 10.4 Å². The summed E-state index contributed by atoms with van der Waals surface area (Å²) in [7, 11) is 0. The lowest BCUT2D eigenvalue weighted by molar-refractivity contribution is 0.0648. The van der Waals surface area contributed by atoms with Crippen LogP contribution in [-0.2, 0) is 13.0 Å². The minimum Gasteiger partial charge on any atom is -0.395 e. The van der Waals surface area contributed by atoms with E-state index in [-0.39, 0.29) is 6.61 Å². The van der Waals surface area contributed by atoms with Crippen LogP contribution in [0.3, 0.4) is 0 Å². The van der Waals surface area contributed by atoms with Crippen LogP contribution < -0.4 is 5.32 Å². The number of benzene rings is 1. The average molecular weight is 275 g/mol. The predicted molar refractivity (Wildman–Crippen MR) is 82.0 cm³/mol. The van der Waals surface area contributed by atoms with E-state index in [1.807, 2.05) is 0 Å². The summed E-state index contributed by atoms with van der Waals surface area (Å²) >= 11 is 0. The fourth-order valence-electron chi connectivity index (χ4n) is 3.46. The zero-order valence-corrected chi connectivity index (χ0v) is 12.3. The first-order valence-electron chi connectivity index (χ1n) is 7.70. The number of nitrogens with zero attached hydrogens (tertiary/aromatic N) is 2. The van der Waals surface area contributed by atoms with E-state index < -0.39 is 0 Å². The lowest BCUT2D eigenvalue weighted by atomic mass is 10.1. The summed E-state index contributed by atoms with van der Waals surface area (Å²) < 4.78 is 0. The normalized spacial score (nSPS) is 23.6. The van der Waals surface area contributed by atoms with E-state index in [1.165, 1.54) is 16.8 Å². The van der Waals surface area contributed by atoms with E-state index in [2.05, 4.69) is 40.2 Å². The first-order valence-corrected chi connectivity index (χ1v) is 7.70. The summed E-state index contributed by atoms with van der Waals surface area (Å²) in [5, 5.41) is 12.6. The third kappa shape index (κ3) is 2.82. The molecule has 4 heteroatoms. The Hall–Kier alpha value is -1.10. The summed E-state index contributed by atoms with van der Waals surface area (Å²) in [6.45, 7) is 8.68. The van der Waals surface area contributed by atoms with Gasteiger partial charge in [-0.2, -0.15) is 0 Å². The Balaban J connectivity index is 1.64. The molecule has 1 fully saturated rings. The Labute approximate surface area is 121 Å². The molecule has 0 aromatic heterocycles. The molecular weight excluding hydrogens is 250 g/mol. The highest BCUT2D eigenvalue weighted by Gasteiger charge is 2.24. The molecular formula is C16H25N3O. The van der Waals surface area contributed by atoms with Crippen molar-refractivity contribution < 1.29 is 5.11 Å². The van der Waals surface area contributed by atoms with E-state index in [0.717, 1.165) is 45.7 Å². The van der Waals surface area contributed by atoms with E-state index >= 15 is 0 Å². The van der Waals surface area contributed by atoms with Crippen molar-refractivity contribution in [2.75, 3.05) is 44.6 Å². The molecule has 1 unspecified atom stereocenters. The van der Waals surface area contributed by atoms with Gasteiger partial charge in [0, 0.05) is 51.0 Å². The molecule has 0 bridgehead atoms. The van der Waals surface area contributed by atoms with Gasteiger partial charge in [0.25, 0.3) is 0 Å². The van der Waals surface area contributed by atoms with Gasteiger partial charge in [0.15, 0.2) is 0 Å². The monoisotopic (exact) mass is 275 g/mol. The van der Waals surface area contributed by atoms with E-state index in [1.54, 1.807) is 0 Å². The van der Waals surface area contributed by atoms with Crippen molar-refractivity contribution in [3.05, 3.63) is 29.3 Å². The van der Waals surface area contributed by atoms with Crippen LogP contribution in [0.25, 0.3) is 0 Å². The fourth-order valence-corrected chi connectivity index (χ4v) is 3.46. The summed E-state index contributed by atoms with van der Waals surface area (Å²) in [6, 6.07) is 7.20. The van der Waals surface area contributed by atoms with Gasteiger partial charge in [0.05, 0.1) is 6.61 Å². The zero-order valence-electron chi connectivity index (χ0n) is 12.3. The Bertz CT molecular complexity index is 463. The molecule has 110 valence electrons. The smallest absolute Gasteiger partial charge is 0.0558 e. The summed E-state index contributed by atoms with van der Waals surface area (Å²) in [6.07, 6.45) is 1.16. The lowest BCUT2D eigenvalue weighted by Crippen LogP contribution is -2.52. The first-order chi connectivity index (χ1) is 9.78. The maximum atomic E-state index is 9.08. The van der Waals surface area contributed by atoms with Crippen molar-refractivity contribution in [3.63, 3.8) is 0 Å². The molecule has 0 spiro atoms. The fraction of sp³-hybridized carbons (Fsp3) is 0.625. The number of para-hydroxylation sites is 1. The van der Waals surface area contributed by atoms with Crippen LogP contribution in [-0.4, -0.2) is 60.3 Å². The second kappa shape index (κ2) is 6.12. The number of fused-ring (bicyclic) bond motifs is 1. The third-order valence-corrected chi connectivity index (χ3v) is 4.56. The van der Waals surface area contributed by atoms with Gasteiger partial charge in [-0.15, -0.1) is 0 Å². The van der Waals surface area contributed by atoms with Crippen LogP contribution in [0.5, 0.6) is 0 Å². The third-order valence-electron chi connectivity index (χ3n) is 4.56. The molecule has 1 aromatic rings. The number of hydrogen-bond donors (Lipinski definition) is 2. The van der Waals surface area contributed by atoms with Gasteiger partial charge in [-0.05, 0) is 24.5 Å². The molecule has 0 saturated carbocycles. The second-order valence-corrected chi connectivity index (χ2v) is 5.97. The molecule has 2 aliphatic rings. The molecule has 2 heterocycles. The highest BCUT2D eigenvalue weighted by atomic mass is 16.3. The second-order valence-electron chi connectivity index (χ2n) is 5.97. The Morgan fingerprint density at radius 3 is 3.05 bits per heavy atom. The number of hydrogen-bond acceptors (Lipinski definition) is 4. The maximum absolute atomic E-state index is 9.08. The molecule has 0 aliphatic carbocycles. The van der Waals surface area contributed by atoms with Crippen LogP contribution in [0.4, 0.5) is 5.69 Å². The minimum absolute atomic E-state index is 0.264. The quantitative estimate of drug-likeness (QED) is 0.865. The van der Waals surface area contributed by atoms with E-state index in [4.69, 9.17) is 5.11 Å². The minimum atomic E-state index is 0.264. The van der Waals surface area contributed by atoms with Gasteiger partial charge in [-0.3, -0.25) is 9.80 Å². The summed E-state index contributed by atoms with van der Waals surface area (Å²) in [5.74, 6) is 0. The molecule has 3 rings (SSSR count). The number of nitrogens with one attached hydrogen (secondary N) is 1. The predicted octanol–water partition coefficient (Wildman–Crippen LogP) is 1.15. The molecule has 1 saturated heterocycles. The van der Waals surface area contributed by atoms with Crippen LogP contribution in [0, 0.1) is 0 Å². The van der Waals surface area contributed by atoms with Crippen molar-refractivity contribution in [2.24, 2.45) is 0 Å². The van der Waals surface area contributed by atoms with Gasteiger partial charge in [-0.1, -0.05) is 18.2 Å². The Morgan fingerprint density at radius 1 is 1.35 bits per heavy atom. The maximum Gasteiger partial charge on any atom is 0.0558 e. The SMILES string of the molecule is CC1CN(Cc2cccc3c2NCC3)CCN1CCO. The van der Waals surface area contributed by atoms with Crippen LogP contribution in [0.1, 0.15) is 18.1 Å². The van der Waals surface area contributed by atoms with Crippen molar-refractivity contribution in [2.45, 2.75) is 25.9 Å². The van der Waals surface area contributed by atoms with Crippen molar-refractivity contribution >= 4 is 5.69 Å². The van der Waals surface area contributed by atoms with Gasteiger partial charge in [0.1, 0.15) is 0 Å². The number of piperazine rings is 1. The highest BCUT2D eigenvalue weighted by Crippen LogP contribution is 2.27. The molecule has 20 heavy (non-hydrogen) atoms. The van der Waals surface area contributed by atoms with Crippen LogP contribution in [0.2, 0.25) is 0 Å². The van der Waals surface area contributed by atoms with E-state index in [9.17, 15) is 0 Å². The first kappa shape index (κ1) is 13.9. The molecule has 1 aromatic carbocycles. The van der Waals surface area contributed by atoms with Gasteiger partial charge in [-0.25, -0.2) is 0 Å². The number of aliphatic hydroxyl groups excluding tert-OH is 1. The zero-order chi connectivity index (χ0) is 13.9. The number of β-amino-alcohol motifs (C(OH)–C–C–N with tert-alkyl or cyclic N) is 1. The lowest BCUT2D eigenvalue weighted by Gasteiger charge is -2.39. The molecule has 2 N–H and O–H groups in total. The molecule has 2 aliphatic heterocycles. The Kier molecular flexibility index (Phi) is 4.24. The number of rotatable bonds is 4. The average Bonchev–Trinajstić information content (AvgIpc) is 2.91. The summed E-state index contributed by atoms with van der Waals surface area (Å²) in [5.41, 5.74) is 4.27. The standard InChI is InChI=1S/C16H25N3O/c1-13-11-18(7-8-19(13)9-10-20)12-15-4-2-3-14-5-6-17-16(14)15/h2-4,13,17,20H,5-12H2,1H3. The molecule has 1 atom stereocenters. The molecule has 4 nitrogen and oxygen atoms in total. The molecule has 0 radical (unpaired) electrons. The molecule has 0 amide bonds. The largest absolute Gasteiger partial charge is 0.395 e. The topological polar surface area (TPSA) is 38.7 Å². The number of anilines is 1. The van der Waals surface area contributed by atoms with Crippen LogP contribution >= 0.6 is 0 Å². The van der Waals surface area contributed by atoms with Crippen molar-refractivity contribution in [1.29, 1.82) is 0 Å². The van der Waals surface area contributed by atoms with Gasteiger partial charge >= 0.3 is 0 Å². The van der Waals surface area contributed by atoms with Crippen molar-refractivity contribution in [3.8, 4) is 0 Å². The van der Waals surface area contributed by atoms with E-state index in [0.29, 0.717) is 6.04 Å². The van der Waals surface area contributed by atoms with Crippen molar-refractivity contribution in [1.82, 2.24) is 9.80 Å². The number of aliphatic hydroxyl groups is 1. The highest BCUT2D eigenvalue weighted by molar-refractivity contribution is 5.61. The van der Waals surface area contributed by atoms with Crippen LogP contribution in [0.15, 0.2) is 18.2 Å². The Morgan fingerprint density at radius 2 is 2.25 bits per heavy atom.